The summed E-state index contributed by atoms with van der Waals surface area (Å²) < 4.78 is 322. The van der Waals surface area contributed by atoms with Crippen LogP contribution in [0.4, 0.5) is 123 Å². The molecule has 0 aromatic rings. The zero-order valence-corrected chi connectivity index (χ0v) is 23.9. The first-order valence-electron chi connectivity index (χ1n) is 10.8. The molecule has 0 aliphatic heterocycles. The Morgan fingerprint density at radius 3 is 0.357 bits per heavy atom. The molecule has 0 radical (unpaired) electrons. The van der Waals surface area contributed by atoms with Crippen molar-refractivity contribution in [3.63, 3.8) is 0 Å². The number of carboxylic acid groups (broad SMARTS) is 4. The smallest absolute Gasteiger partial charge is 0.477 e. The third-order valence-corrected chi connectivity index (χ3v) is 4.08. The van der Waals surface area contributed by atoms with Gasteiger partial charge in [0, 0.05) is 0 Å². The Bertz CT molecular complexity index is 1120. The van der Waals surface area contributed by atoms with Gasteiger partial charge in [0.15, 0.2) is 0 Å². The summed E-state index contributed by atoms with van der Waals surface area (Å²) in [5.74, 6) is -65.1. The Morgan fingerprint density at radius 2 is 0.339 bits per heavy atom. The van der Waals surface area contributed by atoms with Crippen molar-refractivity contribution in [2.45, 2.75) is 72.1 Å². The summed E-state index contributed by atoms with van der Waals surface area (Å²) in [7, 11) is -2.17. The highest BCUT2D eigenvalue weighted by atomic mass is 19.5. The molecule has 0 fully saturated rings. The quantitative estimate of drug-likeness (QED) is 0.118. The molecular weight excluding hydrogens is 911 g/mol. The molecule has 11 nitrogen and oxygen atoms in total. The average Bonchev–Trinajstić information content (AvgIpc) is 2.90. The molecule has 0 rings (SSSR count). The summed E-state index contributed by atoms with van der Waals surface area (Å²) >= 11 is 0. The third-order valence-electron chi connectivity index (χ3n) is 4.08. The number of rotatable bonds is 8. The molecule has 0 saturated carbocycles. The lowest BCUT2D eigenvalue weighted by molar-refractivity contribution is -0.347. The van der Waals surface area contributed by atoms with E-state index in [0.717, 1.165) is 0 Å². The van der Waals surface area contributed by atoms with E-state index in [9.17, 15) is 142 Å². The van der Waals surface area contributed by atoms with Gasteiger partial charge < -0.3 is 35.5 Å². The van der Waals surface area contributed by atoms with Gasteiger partial charge in [-0.25, -0.2) is 19.2 Å². The van der Waals surface area contributed by atoms with Crippen molar-refractivity contribution in [2.75, 3.05) is 0 Å². The van der Waals surface area contributed by atoms with Gasteiger partial charge in [0.25, 0.3) is 0 Å². The zero-order valence-electron chi connectivity index (χ0n) is 23.9. The summed E-state index contributed by atoms with van der Waals surface area (Å²) in [6, 6.07) is 0. The molecule has 0 aromatic heterocycles. The Balaban J connectivity index is -0.000000200. The minimum atomic E-state index is -6.60. The lowest BCUT2D eigenvalue weighted by Crippen LogP contribution is -2.56. The van der Waals surface area contributed by atoms with Crippen LogP contribution in [0.25, 0.3) is 0 Å². The number of hydrogen-bond acceptors (Lipinski definition) is 7. The SMILES string of the molecule is O=C(O)C(F)(F)C(F)(F)C(F)(F)F.O=C(O)C(F)(F)C(F)(F)C(F)(F)F.O=C(O)C(F)(F)C(F)(F)C(F)(F)F.O=C(O)C(F)(F)C(F)(F)C(F)(F)F.OB(O)O. The summed E-state index contributed by atoms with van der Waals surface area (Å²) in [6.07, 6.45) is -26.4. The van der Waals surface area contributed by atoms with E-state index in [1.807, 2.05) is 0 Å². The van der Waals surface area contributed by atoms with Crippen LogP contribution in [0.5, 0.6) is 0 Å². The second kappa shape index (κ2) is 18.4. The van der Waals surface area contributed by atoms with Gasteiger partial charge in [-0.2, -0.15) is 123 Å². The van der Waals surface area contributed by atoms with Crippen LogP contribution in [0.2, 0.25) is 0 Å². The highest BCUT2D eigenvalue weighted by molar-refractivity contribution is 6.30. The van der Waals surface area contributed by atoms with Gasteiger partial charge in [0.2, 0.25) is 0 Å². The lowest BCUT2D eigenvalue weighted by atomic mass is 10.1. The first-order valence-corrected chi connectivity index (χ1v) is 10.8. The molecule has 7 N–H and O–H groups in total. The highest BCUT2D eigenvalue weighted by Crippen LogP contribution is 2.49. The van der Waals surface area contributed by atoms with E-state index < -0.39 is 103 Å². The largest absolute Gasteiger partial charge is 0.631 e. The van der Waals surface area contributed by atoms with Gasteiger partial charge in [-0.3, -0.25) is 0 Å². The van der Waals surface area contributed by atoms with E-state index in [4.69, 9.17) is 35.5 Å². The molecule has 0 bridgehead atoms. The molecule has 0 unspecified atom stereocenters. The molecule has 56 heavy (non-hydrogen) atoms. The van der Waals surface area contributed by atoms with E-state index in [1.165, 1.54) is 0 Å². The van der Waals surface area contributed by atoms with Gasteiger partial charge in [0.05, 0.1) is 0 Å². The van der Waals surface area contributed by atoms with Crippen molar-refractivity contribution in [1.29, 1.82) is 0 Å². The van der Waals surface area contributed by atoms with Gasteiger partial charge in [-0.15, -0.1) is 0 Å². The predicted molar refractivity (Wildman–Crippen MR) is 107 cm³/mol. The number of halogens is 28. The number of aliphatic carboxylic acids is 4. The minimum absolute atomic E-state index is 2.17. The van der Waals surface area contributed by atoms with Crippen LogP contribution in [-0.4, -0.2) is 139 Å². The maximum Gasteiger partial charge on any atom is 0.631 e. The van der Waals surface area contributed by atoms with Crippen LogP contribution in [-0.2, 0) is 19.2 Å². The van der Waals surface area contributed by atoms with Crippen LogP contribution in [0.15, 0.2) is 0 Å². The van der Waals surface area contributed by atoms with Crippen molar-refractivity contribution in [3.8, 4) is 0 Å². The van der Waals surface area contributed by atoms with Crippen molar-refractivity contribution in [2.24, 2.45) is 0 Å². The van der Waals surface area contributed by atoms with E-state index >= 15 is 0 Å². The van der Waals surface area contributed by atoms with E-state index in [2.05, 4.69) is 0 Å². The topological polar surface area (TPSA) is 210 Å². The Labute approximate surface area is 282 Å². The molecule has 336 valence electrons. The number of carbonyl (C=O) groups is 4. The van der Waals surface area contributed by atoms with E-state index in [-0.39, 0.29) is 0 Å². The van der Waals surface area contributed by atoms with Crippen LogP contribution in [0.3, 0.4) is 0 Å². The second-order valence-corrected chi connectivity index (χ2v) is 8.15. The first kappa shape index (κ1) is 61.1. The van der Waals surface area contributed by atoms with Crippen LogP contribution < -0.4 is 0 Å². The van der Waals surface area contributed by atoms with Gasteiger partial charge in [-0.1, -0.05) is 0 Å². The van der Waals surface area contributed by atoms with E-state index in [1.54, 1.807) is 0 Å². The fourth-order valence-electron chi connectivity index (χ4n) is 1.25. The molecule has 0 aliphatic rings. The van der Waals surface area contributed by atoms with Crippen molar-refractivity contribution in [3.05, 3.63) is 0 Å². The lowest BCUT2D eigenvalue weighted by Gasteiger charge is -2.24. The Hall–Kier alpha value is -4.14. The van der Waals surface area contributed by atoms with Gasteiger partial charge >= 0.3 is 103 Å². The molecule has 0 saturated heterocycles. The fourth-order valence-corrected chi connectivity index (χ4v) is 1.25. The molecular formula is C16H7BF28O11. The molecule has 0 amide bonds. The van der Waals surface area contributed by atoms with Crippen LogP contribution in [0.1, 0.15) is 0 Å². The summed E-state index contributed by atoms with van der Waals surface area (Å²) in [5, 5.41) is 51.1. The van der Waals surface area contributed by atoms with E-state index in [0.29, 0.717) is 0 Å². The normalized spacial score (nSPS) is 13.8. The Morgan fingerprint density at radius 1 is 0.268 bits per heavy atom. The first-order chi connectivity index (χ1) is 23.5. The predicted octanol–water partition coefficient (Wildman–Crippen LogP) is 5.56. The average molecular weight is 918 g/mol. The van der Waals surface area contributed by atoms with Crippen LogP contribution >= 0.6 is 0 Å². The van der Waals surface area contributed by atoms with Crippen molar-refractivity contribution >= 4 is 31.2 Å². The summed E-state index contributed by atoms with van der Waals surface area (Å²) in [6.45, 7) is 0. The molecule has 0 aromatic carbocycles. The summed E-state index contributed by atoms with van der Waals surface area (Å²) in [4.78, 5) is 37.5. The van der Waals surface area contributed by atoms with Crippen molar-refractivity contribution < 1.29 is 178 Å². The summed E-state index contributed by atoms with van der Waals surface area (Å²) in [5.41, 5.74) is 0. The van der Waals surface area contributed by atoms with Gasteiger partial charge in [-0.05, 0) is 0 Å². The fraction of sp³-hybridized carbons (Fsp3) is 0.750. The maximum absolute atomic E-state index is 11.8. The molecule has 0 atom stereocenters. The highest BCUT2D eigenvalue weighted by Gasteiger charge is 2.79. The zero-order chi connectivity index (χ0) is 47.9. The maximum atomic E-state index is 11.8. The number of carboxylic acids is 4. The molecule has 0 spiro atoms. The molecule has 0 aliphatic carbocycles. The number of hydrogen-bond donors (Lipinski definition) is 7. The second-order valence-electron chi connectivity index (χ2n) is 8.15. The molecule has 0 heterocycles. The van der Waals surface area contributed by atoms with Crippen LogP contribution in [0, 0.1) is 0 Å². The number of alkyl halides is 28. The van der Waals surface area contributed by atoms with Crippen molar-refractivity contribution in [1.82, 2.24) is 0 Å². The Kier molecular flexibility index (Phi) is 20.1. The molecule has 40 heteroatoms. The standard InChI is InChI=1S/4C4HF7O2.BH3O3/c4*5-2(6,1(12)13)3(7,8)4(9,10)11;2-1(3)4/h4*(H,12,13);2-4H. The third kappa shape index (κ3) is 14.1. The monoisotopic (exact) mass is 918 g/mol. The van der Waals surface area contributed by atoms with Gasteiger partial charge in [0.1, 0.15) is 0 Å². The minimum Gasteiger partial charge on any atom is -0.477 e.